The van der Waals surface area contributed by atoms with Crippen LogP contribution in [-0.4, -0.2) is 53.9 Å². The lowest BCUT2D eigenvalue weighted by molar-refractivity contribution is 0.0575. The number of hydrogen-bond acceptors (Lipinski definition) is 2. The monoisotopic (exact) mass is 285 g/mol. The molecule has 2 aromatic rings. The summed E-state index contributed by atoms with van der Waals surface area (Å²) >= 11 is 0. The highest BCUT2D eigenvalue weighted by Gasteiger charge is 2.27. The molecule has 1 aliphatic rings. The van der Waals surface area contributed by atoms with Crippen molar-refractivity contribution in [3.05, 3.63) is 36.0 Å². The van der Waals surface area contributed by atoms with Crippen LogP contribution in [0, 0.1) is 0 Å². The highest BCUT2D eigenvalue weighted by atomic mass is 16.2. The molecule has 0 radical (unpaired) electrons. The Labute approximate surface area is 125 Å². The van der Waals surface area contributed by atoms with Gasteiger partial charge >= 0.3 is 0 Å². The van der Waals surface area contributed by atoms with Crippen LogP contribution in [0.3, 0.4) is 0 Å². The Bertz CT molecular complexity index is 632. The highest BCUT2D eigenvalue weighted by Crippen LogP contribution is 2.22. The van der Waals surface area contributed by atoms with Gasteiger partial charge in [0.1, 0.15) is 0 Å². The van der Waals surface area contributed by atoms with Crippen molar-refractivity contribution in [3.8, 4) is 0 Å². The zero-order valence-corrected chi connectivity index (χ0v) is 12.8. The molecule has 4 nitrogen and oxygen atoms in total. The minimum Gasteiger partial charge on any atom is -0.361 e. The lowest BCUT2D eigenvalue weighted by Crippen LogP contribution is -2.48. The van der Waals surface area contributed by atoms with Crippen LogP contribution in [0.1, 0.15) is 29.6 Å². The Kier molecular flexibility index (Phi) is 3.97. The first kappa shape index (κ1) is 14.1. The van der Waals surface area contributed by atoms with E-state index in [-0.39, 0.29) is 5.91 Å². The van der Waals surface area contributed by atoms with Crippen LogP contribution in [0.15, 0.2) is 30.5 Å². The second-order valence-corrected chi connectivity index (χ2v) is 6.19. The Morgan fingerprint density at radius 1 is 1.33 bits per heavy atom. The molecule has 0 aliphatic carbocycles. The average molecular weight is 285 g/mol. The van der Waals surface area contributed by atoms with E-state index < -0.39 is 0 Å². The molecule has 1 amide bonds. The number of H-pyrrole nitrogens is 1. The molecule has 1 N–H and O–H groups in total. The summed E-state index contributed by atoms with van der Waals surface area (Å²) in [5.41, 5.74) is 1.82. The van der Waals surface area contributed by atoms with Crippen molar-refractivity contribution in [2.45, 2.75) is 25.3 Å². The smallest absolute Gasteiger partial charge is 0.254 e. The number of carbonyl (C=O) groups excluding carboxylic acids is 1. The number of fused-ring (bicyclic) bond motifs is 1. The van der Waals surface area contributed by atoms with E-state index in [2.05, 4.69) is 28.9 Å². The minimum atomic E-state index is 0.165. The van der Waals surface area contributed by atoms with Crippen LogP contribution < -0.4 is 0 Å². The zero-order valence-electron chi connectivity index (χ0n) is 12.8. The Morgan fingerprint density at radius 3 is 3.00 bits per heavy atom. The molecular formula is C17H23N3O. The number of aromatic nitrogens is 1. The Hall–Kier alpha value is -1.81. The van der Waals surface area contributed by atoms with Gasteiger partial charge in [0.15, 0.2) is 0 Å². The zero-order chi connectivity index (χ0) is 14.8. The van der Waals surface area contributed by atoms with Crippen LogP contribution in [0.2, 0.25) is 0 Å². The van der Waals surface area contributed by atoms with Crippen molar-refractivity contribution >= 4 is 16.8 Å². The normalized spacial score (nSPS) is 19.4. The third kappa shape index (κ3) is 2.95. The van der Waals surface area contributed by atoms with E-state index in [9.17, 15) is 4.79 Å². The maximum absolute atomic E-state index is 12.9. The molecule has 1 aromatic carbocycles. The molecule has 4 heteroatoms. The lowest BCUT2D eigenvalue weighted by Gasteiger charge is -2.37. The van der Waals surface area contributed by atoms with Crippen LogP contribution >= 0.6 is 0 Å². The molecule has 1 atom stereocenters. The molecule has 21 heavy (non-hydrogen) atoms. The fraction of sp³-hybridized carbons (Fsp3) is 0.471. The second kappa shape index (κ2) is 5.90. The molecular weight excluding hydrogens is 262 g/mol. The van der Waals surface area contributed by atoms with Gasteiger partial charge in [0, 0.05) is 36.4 Å². The van der Waals surface area contributed by atoms with Crippen LogP contribution in [0.5, 0.6) is 0 Å². The number of amides is 1. The SMILES string of the molecule is CN(C)C[C@@H]1CCCCN1C(=O)c1ccc2cc[nH]c2c1. The maximum Gasteiger partial charge on any atom is 0.254 e. The molecule has 1 aliphatic heterocycles. The van der Waals surface area contributed by atoms with E-state index in [0.717, 1.165) is 42.4 Å². The van der Waals surface area contributed by atoms with E-state index in [1.165, 1.54) is 6.42 Å². The summed E-state index contributed by atoms with van der Waals surface area (Å²) in [5.74, 6) is 0.165. The van der Waals surface area contributed by atoms with E-state index in [4.69, 9.17) is 0 Å². The van der Waals surface area contributed by atoms with Gasteiger partial charge in [-0.15, -0.1) is 0 Å². The maximum atomic E-state index is 12.9. The first-order valence-electron chi connectivity index (χ1n) is 7.68. The van der Waals surface area contributed by atoms with Crippen molar-refractivity contribution in [1.82, 2.24) is 14.8 Å². The van der Waals surface area contributed by atoms with E-state index in [1.807, 2.05) is 30.5 Å². The van der Waals surface area contributed by atoms with Crippen molar-refractivity contribution in [2.75, 3.05) is 27.2 Å². The van der Waals surface area contributed by atoms with Gasteiger partial charge in [-0.1, -0.05) is 6.07 Å². The predicted octanol–water partition coefficient (Wildman–Crippen LogP) is 2.72. The molecule has 3 rings (SSSR count). The number of piperidine rings is 1. The molecule has 0 saturated carbocycles. The first-order valence-corrected chi connectivity index (χ1v) is 7.68. The third-order valence-corrected chi connectivity index (χ3v) is 4.27. The van der Waals surface area contributed by atoms with Crippen LogP contribution in [0.4, 0.5) is 0 Å². The van der Waals surface area contributed by atoms with Gasteiger partial charge in [0.05, 0.1) is 0 Å². The molecule has 1 aromatic heterocycles. The van der Waals surface area contributed by atoms with E-state index in [1.54, 1.807) is 0 Å². The molecule has 0 unspecified atom stereocenters. The standard InChI is InChI=1S/C17H23N3O/c1-19(2)12-15-5-3-4-10-20(15)17(21)14-7-6-13-8-9-18-16(13)11-14/h6-9,11,15,18H,3-5,10,12H2,1-2H3/t15-/m0/s1. The second-order valence-electron chi connectivity index (χ2n) is 6.19. The summed E-state index contributed by atoms with van der Waals surface area (Å²) in [5, 5.41) is 1.15. The first-order chi connectivity index (χ1) is 10.1. The van der Waals surface area contributed by atoms with Gasteiger partial charge in [-0.2, -0.15) is 0 Å². The van der Waals surface area contributed by atoms with Gasteiger partial charge in [0.25, 0.3) is 5.91 Å². The third-order valence-electron chi connectivity index (χ3n) is 4.27. The quantitative estimate of drug-likeness (QED) is 0.942. The van der Waals surface area contributed by atoms with E-state index >= 15 is 0 Å². The van der Waals surface area contributed by atoms with Crippen molar-refractivity contribution in [2.24, 2.45) is 0 Å². The van der Waals surface area contributed by atoms with Crippen molar-refractivity contribution in [3.63, 3.8) is 0 Å². The number of nitrogens with one attached hydrogen (secondary N) is 1. The largest absolute Gasteiger partial charge is 0.361 e. The molecule has 1 fully saturated rings. The number of nitrogens with zero attached hydrogens (tertiary/aromatic N) is 2. The summed E-state index contributed by atoms with van der Waals surface area (Å²) < 4.78 is 0. The van der Waals surface area contributed by atoms with Gasteiger partial charge in [-0.05, 0) is 56.9 Å². The number of carbonyl (C=O) groups is 1. The van der Waals surface area contributed by atoms with Gasteiger partial charge < -0.3 is 14.8 Å². The summed E-state index contributed by atoms with van der Waals surface area (Å²) in [6.45, 7) is 1.82. The lowest BCUT2D eigenvalue weighted by atomic mass is 10.00. The van der Waals surface area contributed by atoms with Gasteiger partial charge in [0.2, 0.25) is 0 Å². The number of benzene rings is 1. The number of likely N-dealkylation sites (tertiary alicyclic amines) is 1. The van der Waals surface area contributed by atoms with Crippen LogP contribution in [-0.2, 0) is 0 Å². The fourth-order valence-corrected chi connectivity index (χ4v) is 3.23. The molecule has 1 saturated heterocycles. The highest BCUT2D eigenvalue weighted by molar-refractivity contribution is 5.98. The van der Waals surface area contributed by atoms with Gasteiger partial charge in [-0.25, -0.2) is 0 Å². The topological polar surface area (TPSA) is 39.3 Å². The molecule has 0 spiro atoms. The Balaban J connectivity index is 1.84. The van der Waals surface area contributed by atoms with Gasteiger partial charge in [-0.3, -0.25) is 4.79 Å². The molecule has 112 valence electrons. The Morgan fingerprint density at radius 2 is 2.19 bits per heavy atom. The van der Waals surface area contributed by atoms with Crippen molar-refractivity contribution < 1.29 is 4.79 Å². The number of aromatic amines is 1. The summed E-state index contributed by atoms with van der Waals surface area (Å²) in [4.78, 5) is 20.3. The predicted molar refractivity (Wildman–Crippen MR) is 85.5 cm³/mol. The number of rotatable bonds is 3. The van der Waals surface area contributed by atoms with E-state index in [0.29, 0.717) is 6.04 Å². The number of hydrogen-bond donors (Lipinski definition) is 1. The fourth-order valence-electron chi connectivity index (χ4n) is 3.23. The average Bonchev–Trinajstić information content (AvgIpc) is 2.94. The minimum absolute atomic E-state index is 0.165. The molecule has 2 heterocycles. The number of likely N-dealkylation sites (N-methyl/N-ethyl adjacent to an activating group) is 1. The van der Waals surface area contributed by atoms with Crippen LogP contribution in [0.25, 0.3) is 10.9 Å². The summed E-state index contributed by atoms with van der Waals surface area (Å²) in [7, 11) is 4.14. The molecule has 0 bridgehead atoms. The summed E-state index contributed by atoms with van der Waals surface area (Å²) in [6.07, 6.45) is 5.35. The summed E-state index contributed by atoms with van der Waals surface area (Å²) in [6, 6.07) is 8.29. The van der Waals surface area contributed by atoms with Crippen molar-refractivity contribution in [1.29, 1.82) is 0 Å².